The number of methoxy groups -OCH3 is 2. The average molecular weight is 248 g/mol. The Kier molecular flexibility index (Phi) is 2.97. The number of carbonyl (C=O) groups is 1. The number of rotatable bonds is 3. The Balaban J connectivity index is 2.87. The fourth-order valence-corrected chi connectivity index (χ4v) is 1.84. The maximum absolute atomic E-state index is 11.0. The first-order valence-corrected chi connectivity index (χ1v) is 5.19. The quantitative estimate of drug-likeness (QED) is 0.871. The molecule has 0 saturated heterocycles. The molecule has 0 unspecified atom stereocenters. The first kappa shape index (κ1) is 12.0. The van der Waals surface area contributed by atoms with Crippen molar-refractivity contribution in [2.24, 2.45) is 0 Å². The maximum Gasteiger partial charge on any atom is 0.335 e. The van der Waals surface area contributed by atoms with Crippen molar-refractivity contribution in [3.05, 3.63) is 29.8 Å². The second-order valence-corrected chi connectivity index (χ2v) is 3.73. The second-order valence-electron chi connectivity index (χ2n) is 3.73. The number of ether oxygens (including phenoxy) is 2. The van der Waals surface area contributed by atoms with Crippen LogP contribution >= 0.6 is 0 Å². The van der Waals surface area contributed by atoms with Crippen molar-refractivity contribution in [1.29, 1.82) is 0 Å². The fourth-order valence-electron chi connectivity index (χ4n) is 1.84. The van der Waals surface area contributed by atoms with Gasteiger partial charge in [0.2, 0.25) is 0 Å². The van der Waals surface area contributed by atoms with Gasteiger partial charge in [-0.1, -0.05) is 0 Å². The zero-order valence-electron chi connectivity index (χ0n) is 9.93. The number of carboxylic acid groups (broad SMARTS) is 1. The van der Waals surface area contributed by atoms with Gasteiger partial charge in [-0.3, -0.25) is 0 Å². The smallest absolute Gasteiger partial charge is 0.335 e. The minimum Gasteiger partial charge on any atom is -0.508 e. The van der Waals surface area contributed by atoms with Crippen LogP contribution in [-0.4, -0.2) is 30.4 Å². The van der Waals surface area contributed by atoms with E-state index in [1.54, 1.807) is 0 Å². The topological polar surface area (TPSA) is 76.0 Å². The second kappa shape index (κ2) is 4.44. The molecular weight excluding hydrogens is 236 g/mol. The third-order valence-electron chi connectivity index (χ3n) is 2.67. The Morgan fingerprint density at radius 2 is 1.56 bits per heavy atom. The van der Waals surface area contributed by atoms with Gasteiger partial charge in [0.15, 0.2) is 0 Å². The van der Waals surface area contributed by atoms with E-state index in [9.17, 15) is 9.90 Å². The monoisotopic (exact) mass is 248 g/mol. The van der Waals surface area contributed by atoms with Crippen LogP contribution in [-0.2, 0) is 0 Å². The molecule has 0 saturated carbocycles. The van der Waals surface area contributed by atoms with Crippen LogP contribution in [0.1, 0.15) is 10.4 Å². The molecule has 2 rings (SSSR count). The van der Waals surface area contributed by atoms with Gasteiger partial charge in [-0.05, 0) is 18.2 Å². The normalized spacial score (nSPS) is 10.3. The molecule has 0 amide bonds. The lowest BCUT2D eigenvalue weighted by molar-refractivity contribution is 0.0696. The van der Waals surface area contributed by atoms with E-state index in [4.69, 9.17) is 14.6 Å². The molecule has 18 heavy (non-hydrogen) atoms. The molecule has 0 bridgehead atoms. The van der Waals surface area contributed by atoms with Crippen LogP contribution in [0.2, 0.25) is 0 Å². The molecule has 2 aromatic rings. The number of hydrogen-bond donors (Lipinski definition) is 2. The van der Waals surface area contributed by atoms with Crippen LogP contribution in [0.4, 0.5) is 0 Å². The minimum atomic E-state index is -1.05. The molecule has 0 heterocycles. The molecule has 2 N–H and O–H groups in total. The first-order valence-electron chi connectivity index (χ1n) is 5.19. The maximum atomic E-state index is 11.0. The summed E-state index contributed by atoms with van der Waals surface area (Å²) in [5, 5.41) is 19.8. The summed E-state index contributed by atoms with van der Waals surface area (Å²) in [7, 11) is 2.89. The average Bonchev–Trinajstić information content (AvgIpc) is 2.36. The van der Waals surface area contributed by atoms with Gasteiger partial charge in [-0.2, -0.15) is 0 Å². The summed E-state index contributed by atoms with van der Waals surface area (Å²) >= 11 is 0. The van der Waals surface area contributed by atoms with Crippen molar-refractivity contribution < 1.29 is 24.5 Å². The van der Waals surface area contributed by atoms with Crippen molar-refractivity contribution in [2.75, 3.05) is 14.2 Å². The molecule has 5 nitrogen and oxygen atoms in total. The van der Waals surface area contributed by atoms with Crippen molar-refractivity contribution in [3.63, 3.8) is 0 Å². The van der Waals surface area contributed by atoms with Gasteiger partial charge in [-0.15, -0.1) is 0 Å². The molecule has 0 aromatic heterocycles. The lowest BCUT2D eigenvalue weighted by atomic mass is 10.0. The summed E-state index contributed by atoms with van der Waals surface area (Å²) in [6, 6.07) is 5.82. The molecule has 0 spiro atoms. The van der Waals surface area contributed by atoms with Crippen molar-refractivity contribution in [3.8, 4) is 17.2 Å². The van der Waals surface area contributed by atoms with Gasteiger partial charge in [-0.25, -0.2) is 4.79 Å². The highest BCUT2D eigenvalue weighted by Crippen LogP contribution is 2.36. The van der Waals surface area contributed by atoms with E-state index in [0.29, 0.717) is 22.3 Å². The number of phenolic OH excluding ortho intramolecular Hbond substituents is 1. The Morgan fingerprint density at radius 3 is 2.11 bits per heavy atom. The Bertz CT molecular complexity index is 618. The molecule has 5 heteroatoms. The summed E-state index contributed by atoms with van der Waals surface area (Å²) in [6.45, 7) is 0. The number of carboxylic acids is 1. The highest BCUT2D eigenvalue weighted by Gasteiger charge is 2.13. The molecule has 0 aliphatic heterocycles. The van der Waals surface area contributed by atoms with Crippen LogP contribution in [0.15, 0.2) is 24.3 Å². The van der Waals surface area contributed by atoms with Crippen LogP contribution in [0.5, 0.6) is 17.2 Å². The van der Waals surface area contributed by atoms with Crippen LogP contribution < -0.4 is 9.47 Å². The van der Waals surface area contributed by atoms with Gasteiger partial charge in [0.05, 0.1) is 19.8 Å². The largest absolute Gasteiger partial charge is 0.508 e. The molecule has 0 aliphatic rings. The lowest BCUT2D eigenvalue weighted by Gasteiger charge is -2.11. The number of fused-ring (bicyclic) bond motifs is 1. The van der Waals surface area contributed by atoms with Crippen LogP contribution in [0.3, 0.4) is 0 Å². The van der Waals surface area contributed by atoms with E-state index in [1.807, 2.05) is 0 Å². The summed E-state index contributed by atoms with van der Waals surface area (Å²) in [5.41, 5.74) is 0.100. The zero-order chi connectivity index (χ0) is 13.3. The van der Waals surface area contributed by atoms with E-state index < -0.39 is 5.97 Å². The SMILES string of the molecule is COc1cc(C(=O)O)cc2c(OC)cc(O)cc12. The fraction of sp³-hybridized carbons (Fsp3) is 0.154. The van der Waals surface area contributed by atoms with E-state index in [-0.39, 0.29) is 11.3 Å². The Morgan fingerprint density at radius 1 is 1.00 bits per heavy atom. The molecule has 0 atom stereocenters. The van der Waals surface area contributed by atoms with Crippen molar-refractivity contribution in [1.82, 2.24) is 0 Å². The highest BCUT2D eigenvalue weighted by molar-refractivity contribution is 6.00. The van der Waals surface area contributed by atoms with E-state index in [1.165, 1.54) is 38.5 Å². The van der Waals surface area contributed by atoms with Crippen LogP contribution in [0, 0.1) is 0 Å². The number of aromatic carboxylic acids is 1. The van der Waals surface area contributed by atoms with Gasteiger partial charge in [0.1, 0.15) is 17.2 Å². The third-order valence-corrected chi connectivity index (χ3v) is 2.67. The summed E-state index contributed by atoms with van der Waals surface area (Å²) in [6.07, 6.45) is 0. The van der Waals surface area contributed by atoms with Gasteiger partial charge < -0.3 is 19.7 Å². The van der Waals surface area contributed by atoms with Gasteiger partial charge in [0, 0.05) is 16.8 Å². The predicted octanol–water partition coefficient (Wildman–Crippen LogP) is 2.26. The Labute approximate surface area is 103 Å². The Hall–Kier alpha value is -2.43. The molecule has 2 aromatic carbocycles. The molecule has 0 fully saturated rings. The first-order chi connectivity index (χ1) is 8.56. The number of hydrogen-bond acceptors (Lipinski definition) is 4. The molecule has 0 radical (unpaired) electrons. The van der Waals surface area contributed by atoms with E-state index >= 15 is 0 Å². The summed E-state index contributed by atoms with van der Waals surface area (Å²) in [4.78, 5) is 11.0. The van der Waals surface area contributed by atoms with E-state index in [2.05, 4.69) is 0 Å². The highest BCUT2D eigenvalue weighted by atomic mass is 16.5. The van der Waals surface area contributed by atoms with Crippen LogP contribution in [0.25, 0.3) is 10.8 Å². The summed E-state index contributed by atoms with van der Waals surface area (Å²) in [5.74, 6) is -0.253. The van der Waals surface area contributed by atoms with Crippen molar-refractivity contribution in [2.45, 2.75) is 0 Å². The van der Waals surface area contributed by atoms with Crippen molar-refractivity contribution >= 4 is 16.7 Å². The molecular formula is C13H12O5. The molecule has 0 aliphatic carbocycles. The number of phenols is 1. The van der Waals surface area contributed by atoms with E-state index in [0.717, 1.165) is 0 Å². The van der Waals surface area contributed by atoms with Gasteiger partial charge in [0.25, 0.3) is 0 Å². The number of aromatic hydroxyl groups is 1. The minimum absolute atomic E-state index is 0.0284. The standard InChI is InChI=1S/C13H12O5/c1-17-11-4-7(13(15)16)3-9-10(11)5-8(14)6-12(9)18-2/h3-6,14H,1-2H3,(H,15,16). The lowest BCUT2D eigenvalue weighted by Crippen LogP contribution is -1.98. The summed E-state index contributed by atoms with van der Waals surface area (Å²) < 4.78 is 10.3. The third kappa shape index (κ3) is 1.90. The zero-order valence-corrected chi connectivity index (χ0v) is 9.93. The van der Waals surface area contributed by atoms with Gasteiger partial charge >= 0.3 is 5.97 Å². The number of benzene rings is 2. The molecule has 94 valence electrons. The predicted molar refractivity (Wildman–Crippen MR) is 65.7 cm³/mol.